The van der Waals surface area contributed by atoms with Gasteiger partial charge in [-0.15, -0.1) is 11.8 Å². The number of non-ortho nitro benzene ring substituents is 1. The molecule has 32 heavy (non-hydrogen) atoms. The fourth-order valence-corrected chi connectivity index (χ4v) is 4.38. The van der Waals surface area contributed by atoms with Gasteiger partial charge in [-0.1, -0.05) is 23.5 Å². The molecular weight excluding hydrogens is 448 g/mol. The number of nitro groups is 1. The zero-order chi connectivity index (χ0) is 22.5. The molecule has 0 saturated heterocycles. The van der Waals surface area contributed by atoms with Crippen molar-refractivity contribution in [2.24, 2.45) is 0 Å². The molecule has 2 N–H and O–H groups in total. The first-order valence-corrected chi connectivity index (χ1v) is 11.2. The van der Waals surface area contributed by atoms with Gasteiger partial charge in [0.1, 0.15) is 0 Å². The van der Waals surface area contributed by atoms with Gasteiger partial charge in [0, 0.05) is 28.3 Å². The van der Waals surface area contributed by atoms with Gasteiger partial charge < -0.3 is 10.6 Å². The quantitative estimate of drug-likeness (QED) is 0.221. The molecule has 0 aliphatic rings. The Bertz CT molecular complexity index is 1250. The van der Waals surface area contributed by atoms with Crippen molar-refractivity contribution in [2.45, 2.75) is 4.90 Å². The highest BCUT2D eigenvalue weighted by molar-refractivity contribution is 8.00. The largest absolute Gasteiger partial charge is 0.322 e. The number of nitrogens with zero attached hydrogens (tertiary/aromatic N) is 2. The average molecular weight is 465 g/mol. The Balaban J connectivity index is 1.29. The number of carbonyl (C=O) groups is 2. The molecule has 4 aromatic rings. The van der Waals surface area contributed by atoms with Crippen molar-refractivity contribution >= 4 is 61.6 Å². The number of hydrogen-bond acceptors (Lipinski definition) is 7. The van der Waals surface area contributed by atoms with Gasteiger partial charge in [-0.25, -0.2) is 4.98 Å². The number of benzene rings is 3. The highest BCUT2D eigenvalue weighted by atomic mass is 32.2. The number of amides is 2. The first-order valence-electron chi connectivity index (χ1n) is 9.42. The standard InChI is InChI=1S/C22H16N4O4S2/c27-20(25-22-24-18-3-1-2-4-19(18)32-22)13-31-17-11-7-15(8-12-17)23-21(28)14-5-9-16(10-6-14)26(29)30/h1-12H,13H2,(H,23,28)(H,24,25,27). The molecule has 0 spiro atoms. The lowest BCUT2D eigenvalue weighted by Crippen LogP contribution is -2.13. The number of hydrogen-bond donors (Lipinski definition) is 2. The monoisotopic (exact) mass is 464 g/mol. The van der Waals surface area contributed by atoms with E-state index in [9.17, 15) is 19.7 Å². The Kier molecular flexibility index (Phi) is 6.43. The lowest BCUT2D eigenvalue weighted by molar-refractivity contribution is -0.384. The van der Waals surface area contributed by atoms with E-state index in [1.54, 1.807) is 24.3 Å². The van der Waals surface area contributed by atoms with E-state index in [1.165, 1.54) is 47.4 Å². The number of nitrogens with one attached hydrogen (secondary N) is 2. The fraction of sp³-hybridized carbons (Fsp3) is 0.0455. The van der Waals surface area contributed by atoms with Gasteiger partial charge in [-0.3, -0.25) is 19.7 Å². The van der Waals surface area contributed by atoms with E-state index in [0.29, 0.717) is 16.4 Å². The maximum Gasteiger partial charge on any atom is 0.269 e. The summed E-state index contributed by atoms with van der Waals surface area (Å²) in [6, 6.07) is 20.2. The third-order valence-corrected chi connectivity index (χ3v) is 6.33. The van der Waals surface area contributed by atoms with Crippen LogP contribution < -0.4 is 10.6 Å². The van der Waals surface area contributed by atoms with E-state index in [4.69, 9.17) is 0 Å². The van der Waals surface area contributed by atoms with Crippen molar-refractivity contribution in [3.63, 3.8) is 0 Å². The summed E-state index contributed by atoms with van der Waals surface area (Å²) < 4.78 is 1.02. The predicted molar refractivity (Wildman–Crippen MR) is 126 cm³/mol. The summed E-state index contributed by atoms with van der Waals surface area (Å²) in [4.78, 5) is 40.0. The van der Waals surface area contributed by atoms with Gasteiger partial charge in [0.2, 0.25) is 5.91 Å². The van der Waals surface area contributed by atoms with Crippen LogP contribution in [0.3, 0.4) is 0 Å². The maximum absolute atomic E-state index is 12.3. The normalized spacial score (nSPS) is 10.6. The summed E-state index contributed by atoms with van der Waals surface area (Å²) in [6.45, 7) is 0. The van der Waals surface area contributed by atoms with Crippen LogP contribution in [0.1, 0.15) is 10.4 Å². The van der Waals surface area contributed by atoms with E-state index >= 15 is 0 Å². The summed E-state index contributed by atoms with van der Waals surface area (Å²) in [5.74, 6) is -0.287. The van der Waals surface area contributed by atoms with E-state index in [1.807, 2.05) is 24.3 Å². The molecule has 1 heterocycles. The minimum absolute atomic E-state index is 0.0740. The molecular formula is C22H16N4O4S2. The number of para-hydroxylation sites is 1. The molecule has 0 fully saturated rings. The zero-order valence-electron chi connectivity index (χ0n) is 16.5. The Labute approximate surface area is 190 Å². The Morgan fingerprint density at radius 2 is 1.69 bits per heavy atom. The molecule has 0 unspecified atom stereocenters. The average Bonchev–Trinajstić information content (AvgIpc) is 3.21. The molecule has 8 nitrogen and oxygen atoms in total. The predicted octanol–water partition coefficient (Wildman–Crippen LogP) is 5.19. The van der Waals surface area contributed by atoms with Crippen molar-refractivity contribution in [2.75, 3.05) is 16.4 Å². The highest BCUT2D eigenvalue weighted by Crippen LogP contribution is 2.26. The first-order chi connectivity index (χ1) is 15.5. The molecule has 0 aliphatic carbocycles. The van der Waals surface area contributed by atoms with Crippen molar-refractivity contribution in [1.82, 2.24) is 4.98 Å². The van der Waals surface area contributed by atoms with Gasteiger partial charge in [0.15, 0.2) is 5.13 Å². The summed E-state index contributed by atoms with van der Waals surface area (Å²) >= 11 is 2.80. The lowest BCUT2D eigenvalue weighted by atomic mass is 10.2. The molecule has 0 aliphatic heterocycles. The molecule has 2 amide bonds. The molecule has 4 rings (SSSR count). The van der Waals surface area contributed by atoms with Crippen molar-refractivity contribution in [3.8, 4) is 0 Å². The van der Waals surface area contributed by atoms with Crippen LogP contribution in [0.2, 0.25) is 0 Å². The number of nitro benzene ring substituents is 1. The lowest BCUT2D eigenvalue weighted by Gasteiger charge is -2.07. The van der Waals surface area contributed by atoms with Crippen LogP contribution in [0, 0.1) is 10.1 Å². The number of carbonyl (C=O) groups excluding carboxylic acids is 2. The second kappa shape index (κ2) is 9.58. The summed E-state index contributed by atoms with van der Waals surface area (Å²) in [6.07, 6.45) is 0. The molecule has 0 atom stereocenters. The number of thioether (sulfide) groups is 1. The van der Waals surface area contributed by atoms with Crippen molar-refractivity contribution < 1.29 is 14.5 Å². The van der Waals surface area contributed by atoms with Gasteiger partial charge in [-0.2, -0.15) is 0 Å². The number of aromatic nitrogens is 1. The topological polar surface area (TPSA) is 114 Å². The summed E-state index contributed by atoms with van der Waals surface area (Å²) in [7, 11) is 0. The van der Waals surface area contributed by atoms with Crippen LogP contribution in [-0.4, -0.2) is 27.5 Å². The minimum atomic E-state index is -0.517. The van der Waals surface area contributed by atoms with Crippen LogP contribution in [0.5, 0.6) is 0 Å². The Hall–Kier alpha value is -3.76. The first kappa shape index (κ1) is 21.5. The van der Waals surface area contributed by atoms with E-state index in [0.717, 1.165) is 15.1 Å². The third-order valence-electron chi connectivity index (χ3n) is 4.36. The van der Waals surface area contributed by atoms with Crippen LogP contribution in [-0.2, 0) is 4.79 Å². The molecule has 160 valence electrons. The third kappa shape index (κ3) is 5.29. The van der Waals surface area contributed by atoms with Crippen LogP contribution in [0.4, 0.5) is 16.5 Å². The van der Waals surface area contributed by atoms with Crippen LogP contribution >= 0.6 is 23.1 Å². The summed E-state index contributed by atoms with van der Waals surface area (Å²) in [5, 5.41) is 16.8. The number of anilines is 2. The molecule has 1 aromatic heterocycles. The van der Waals surface area contributed by atoms with Crippen molar-refractivity contribution in [3.05, 3.63) is 88.5 Å². The molecule has 0 bridgehead atoms. The fourth-order valence-electron chi connectivity index (χ4n) is 2.80. The Morgan fingerprint density at radius 1 is 0.969 bits per heavy atom. The smallest absolute Gasteiger partial charge is 0.269 e. The summed E-state index contributed by atoms with van der Waals surface area (Å²) in [5.41, 5.74) is 1.68. The number of fused-ring (bicyclic) bond motifs is 1. The van der Waals surface area contributed by atoms with Crippen LogP contribution in [0.15, 0.2) is 77.7 Å². The molecule has 0 radical (unpaired) electrons. The number of thiazole rings is 1. The SMILES string of the molecule is O=C(CSc1ccc(NC(=O)c2ccc([N+](=O)[O-])cc2)cc1)Nc1nc2ccccc2s1. The van der Waals surface area contributed by atoms with Crippen molar-refractivity contribution in [1.29, 1.82) is 0 Å². The van der Waals surface area contributed by atoms with Crippen LogP contribution in [0.25, 0.3) is 10.2 Å². The minimum Gasteiger partial charge on any atom is -0.322 e. The maximum atomic E-state index is 12.3. The zero-order valence-corrected chi connectivity index (χ0v) is 18.1. The van der Waals surface area contributed by atoms with Gasteiger partial charge in [-0.05, 0) is 48.5 Å². The van der Waals surface area contributed by atoms with E-state index in [2.05, 4.69) is 15.6 Å². The highest BCUT2D eigenvalue weighted by Gasteiger charge is 2.11. The molecule has 0 saturated carbocycles. The Morgan fingerprint density at radius 3 is 2.38 bits per heavy atom. The van der Waals surface area contributed by atoms with Gasteiger partial charge in [0.25, 0.3) is 11.6 Å². The van der Waals surface area contributed by atoms with Gasteiger partial charge >= 0.3 is 0 Å². The molecule has 3 aromatic carbocycles. The molecule has 10 heteroatoms. The number of rotatable bonds is 7. The van der Waals surface area contributed by atoms with E-state index < -0.39 is 4.92 Å². The second-order valence-corrected chi connectivity index (χ2v) is 8.69. The second-order valence-electron chi connectivity index (χ2n) is 6.61. The van der Waals surface area contributed by atoms with Gasteiger partial charge in [0.05, 0.1) is 20.9 Å². The van der Waals surface area contributed by atoms with E-state index in [-0.39, 0.29) is 23.3 Å².